The summed E-state index contributed by atoms with van der Waals surface area (Å²) < 4.78 is 11.4. The second-order valence-corrected chi connectivity index (χ2v) is 6.71. The molecule has 154 valence electrons. The van der Waals surface area contributed by atoms with Gasteiger partial charge in [-0.3, -0.25) is 23.7 Å². The third-order valence-corrected chi connectivity index (χ3v) is 5.01. The second kappa shape index (κ2) is 8.02. The van der Waals surface area contributed by atoms with E-state index in [4.69, 9.17) is 9.47 Å². The highest BCUT2D eigenvalue weighted by Gasteiger charge is 2.48. The van der Waals surface area contributed by atoms with Crippen LogP contribution in [0.4, 0.5) is 0 Å². The van der Waals surface area contributed by atoms with E-state index in [1.54, 1.807) is 45.0 Å². The number of likely N-dealkylation sites (N-methyl/N-ethyl adjacent to an activating group) is 1. The molecule has 1 aliphatic heterocycles. The number of fused-ring (bicyclic) bond motifs is 2. The number of benzene rings is 1. The van der Waals surface area contributed by atoms with Crippen molar-refractivity contribution in [1.82, 2.24) is 14.5 Å². The average Bonchev–Trinajstić information content (AvgIpc) is 2.69. The van der Waals surface area contributed by atoms with Crippen molar-refractivity contribution in [3.05, 3.63) is 40.4 Å². The van der Waals surface area contributed by atoms with Crippen LogP contribution in [0.25, 0.3) is 10.9 Å². The van der Waals surface area contributed by atoms with Gasteiger partial charge in [-0.05, 0) is 32.9 Å². The Morgan fingerprint density at radius 3 is 2.28 bits per heavy atom. The summed E-state index contributed by atoms with van der Waals surface area (Å²) in [6, 6.07) is 4.76. The van der Waals surface area contributed by atoms with Crippen LogP contribution in [0.3, 0.4) is 0 Å². The molecule has 0 unspecified atom stereocenters. The van der Waals surface area contributed by atoms with E-state index >= 15 is 0 Å². The Morgan fingerprint density at radius 2 is 1.69 bits per heavy atom. The summed E-state index contributed by atoms with van der Waals surface area (Å²) in [7, 11) is 1.47. The number of rotatable bonds is 5. The van der Waals surface area contributed by atoms with Crippen LogP contribution in [0, 0.1) is 5.92 Å². The zero-order chi connectivity index (χ0) is 21.3. The second-order valence-electron chi connectivity index (χ2n) is 6.71. The topological polar surface area (TPSA) is 108 Å². The van der Waals surface area contributed by atoms with Gasteiger partial charge < -0.3 is 14.4 Å². The molecule has 0 saturated heterocycles. The maximum absolute atomic E-state index is 13.1. The van der Waals surface area contributed by atoms with Gasteiger partial charge in [-0.25, -0.2) is 4.98 Å². The number of amides is 1. The molecular weight excluding hydrogens is 378 g/mol. The van der Waals surface area contributed by atoms with E-state index in [1.807, 2.05) is 0 Å². The molecule has 0 saturated carbocycles. The fourth-order valence-electron chi connectivity index (χ4n) is 3.65. The molecule has 0 radical (unpaired) electrons. The number of carbonyl (C=O) groups is 3. The minimum absolute atomic E-state index is 0.0491. The molecule has 0 N–H and O–H groups in total. The summed E-state index contributed by atoms with van der Waals surface area (Å²) in [5.41, 5.74) is 0.00573. The standard InChI is InChI=1S/C20H23N3O6/c1-5-28-19(26)14(20(27)29-6-2)15-16-21-13-10-8-7-9-12(13)18(25)23(16)11(3)17(24)22(15)4/h7-11,14-15H,5-6H2,1-4H3/t11-,15+/m0/s1. The number of hydrogen-bond acceptors (Lipinski definition) is 7. The van der Waals surface area contributed by atoms with Gasteiger partial charge >= 0.3 is 11.9 Å². The van der Waals surface area contributed by atoms with Gasteiger partial charge in [0.2, 0.25) is 5.91 Å². The number of carbonyl (C=O) groups excluding carboxylic acids is 3. The van der Waals surface area contributed by atoms with Crippen molar-refractivity contribution < 1.29 is 23.9 Å². The van der Waals surface area contributed by atoms with Crippen LogP contribution in [0.15, 0.2) is 29.1 Å². The molecule has 1 aliphatic rings. The minimum Gasteiger partial charge on any atom is -0.465 e. The Morgan fingerprint density at radius 1 is 1.10 bits per heavy atom. The summed E-state index contributed by atoms with van der Waals surface area (Å²) in [6.45, 7) is 4.91. The first-order valence-electron chi connectivity index (χ1n) is 9.44. The highest BCUT2D eigenvalue weighted by Crippen LogP contribution is 2.35. The predicted molar refractivity (Wildman–Crippen MR) is 103 cm³/mol. The number of aromatic nitrogens is 2. The first-order chi connectivity index (χ1) is 13.8. The Hall–Kier alpha value is -3.23. The highest BCUT2D eigenvalue weighted by molar-refractivity contribution is 5.97. The van der Waals surface area contributed by atoms with Crippen LogP contribution in [0.1, 0.15) is 38.7 Å². The highest BCUT2D eigenvalue weighted by atomic mass is 16.6. The summed E-state index contributed by atoms with van der Waals surface area (Å²) in [5.74, 6) is -3.40. The molecule has 1 amide bonds. The molecule has 9 nitrogen and oxygen atoms in total. The van der Waals surface area contributed by atoms with Crippen LogP contribution in [0.2, 0.25) is 0 Å². The maximum atomic E-state index is 13.1. The first-order valence-corrected chi connectivity index (χ1v) is 9.44. The van der Waals surface area contributed by atoms with Crippen LogP contribution in [-0.2, 0) is 23.9 Å². The van der Waals surface area contributed by atoms with Gasteiger partial charge in [0.25, 0.3) is 5.56 Å². The lowest BCUT2D eigenvalue weighted by Crippen LogP contribution is -2.52. The van der Waals surface area contributed by atoms with E-state index in [0.29, 0.717) is 10.9 Å². The number of hydrogen-bond donors (Lipinski definition) is 0. The minimum atomic E-state index is -1.46. The van der Waals surface area contributed by atoms with Gasteiger partial charge in [-0.2, -0.15) is 0 Å². The van der Waals surface area contributed by atoms with E-state index in [2.05, 4.69) is 4.98 Å². The Kier molecular flexibility index (Phi) is 5.67. The maximum Gasteiger partial charge on any atom is 0.322 e. The van der Waals surface area contributed by atoms with Crippen LogP contribution in [-0.4, -0.2) is 52.6 Å². The molecule has 1 aromatic carbocycles. The lowest BCUT2D eigenvalue weighted by molar-refractivity contribution is -0.167. The summed E-state index contributed by atoms with van der Waals surface area (Å²) in [4.78, 5) is 57.2. The number of ether oxygens (including phenoxy) is 2. The lowest BCUT2D eigenvalue weighted by atomic mass is 9.94. The van der Waals surface area contributed by atoms with E-state index < -0.39 is 41.4 Å². The van der Waals surface area contributed by atoms with Crippen LogP contribution < -0.4 is 5.56 Å². The van der Waals surface area contributed by atoms with Gasteiger partial charge in [0.1, 0.15) is 17.9 Å². The quantitative estimate of drug-likeness (QED) is 0.547. The average molecular weight is 401 g/mol. The largest absolute Gasteiger partial charge is 0.465 e. The van der Waals surface area contributed by atoms with Crippen molar-refractivity contribution in [2.24, 2.45) is 5.92 Å². The summed E-state index contributed by atoms with van der Waals surface area (Å²) in [5, 5.41) is 0.350. The van der Waals surface area contributed by atoms with Gasteiger partial charge in [0.05, 0.1) is 24.1 Å². The van der Waals surface area contributed by atoms with Gasteiger partial charge in [0.15, 0.2) is 5.92 Å². The normalized spacial score (nSPS) is 18.7. The van der Waals surface area contributed by atoms with E-state index in [1.165, 1.54) is 16.5 Å². The van der Waals surface area contributed by atoms with Crippen molar-refractivity contribution in [3.63, 3.8) is 0 Å². The van der Waals surface area contributed by atoms with Gasteiger partial charge in [-0.15, -0.1) is 0 Å². The molecule has 0 aliphatic carbocycles. The lowest BCUT2D eigenvalue weighted by Gasteiger charge is -2.39. The molecule has 2 heterocycles. The smallest absolute Gasteiger partial charge is 0.322 e. The van der Waals surface area contributed by atoms with E-state index in [9.17, 15) is 19.2 Å². The molecule has 9 heteroatoms. The fourth-order valence-corrected chi connectivity index (χ4v) is 3.65. The summed E-state index contributed by atoms with van der Waals surface area (Å²) >= 11 is 0. The number of nitrogens with zero attached hydrogens (tertiary/aromatic N) is 3. The third-order valence-electron chi connectivity index (χ3n) is 5.01. The van der Waals surface area contributed by atoms with Crippen molar-refractivity contribution in [2.45, 2.75) is 32.9 Å². The molecule has 2 aromatic rings. The zero-order valence-corrected chi connectivity index (χ0v) is 16.7. The Labute approximate surface area is 167 Å². The number of esters is 2. The molecule has 0 spiro atoms. The summed E-state index contributed by atoms with van der Waals surface area (Å²) in [6.07, 6.45) is 0. The SMILES string of the molecule is CCOC(=O)C(C(=O)OCC)[C@@H]1c2nc3ccccc3c(=O)n2[C@@H](C)C(=O)N1C. The molecule has 0 fully saturated rings. The van der Waals surface area contributed by atoms with Crippen LogP contribution >= 0.6 is 0 Å². The first kappa shape index (κ1) is 20.5. The molecule has 2 atom stereocenters. The molecule has 1 aromatic heterocycles. The number of para-hydroxylation sites is 1. The van der Waals surface area contributed by atoms with E-state index in [0.717, 1.165) is 0 Å². The van der Waals surface area contributed by atoms with Gasteiger partial charge in [0, 0.05) is 7.05 Å². The predicted octanol–water partition coefficient (Wildman–Crippen LogP) is 1.21. The van der Waals surface area contributed by atoms with E-state index in [-0.39, 0.29) is 19.0 Å². The van der Waals surface area contributed by atoms with Crippen molar-refractivity contribution >= 4 is 28.7 Å². The van der Waals surface area contributed by atoms with Gasteiger partial charge in [-0.1, -0.05) is 12.1 Å². The zero-order valence-electron chi connectivity index (χ0n) is 16.7. The monoisotopic (exact) mass is 401 g/mol. The van der Waals surface area contributed by atoms with Crippen LogP contribution in [0.5, 0.6) is 0 Å². The fraction of sp³-hybridized carbons (Fsp3) is 0.450. The third kappa shape index (κ3) is 3.37. The van der Waals surface area contributed by atoms with Crippen molar-refractivity contribution in [2.75, 3.05) is 20.3 Å². The molecule has 3 rings (SSSR count). The molecular formula is C20H23N3O6. The van der Waals surface area contributed by atoms with Crippen molar-refractivity contribution in [1.29, 1.82) is 0 Å². The Bertz CT molecular complexity index is 1010. The molecule has 0 bridgehead atoms. The Balaban J connectivity index is 2.29. The van der Waals surface area contributed by atoms with Crippen molar-refractivity contribution in [3.8, 4) is 0 Å². The molecule has 29 heavy (non-hydrogen) atoms.